The molecule has 114 valence electrons. The van der Waals surface area contributed by atoms with Crippen molar-refractivity contribution in [2.45, 2.75) is 23.1 Å². The lowest BCUT2D eigenvalue weighted by atomic mass is 9.88. The number of benzene rings is 2. The topological polar surface area (TPSA) is 6.48 Å². The van der Waals surface area contributed by atoms with E-state index in [4.69, 9.17) is 0 Å². The molecule has 2 heterocycles. The first-order valence-corrected chi connectivity index (χ1v) is 8.78. The third-order valence-electron chi connectivity index (χ3n) is 4.82. The maximum atomic E-state index is 2.54. The number of hydrogen-bond donors (Lipinski definition) is 0. The number of anilines is 2. The molecule has 0 amide bonds. The van der Waals surface area contributed by atoms with E-state index < -0.39 is 0 Å². The molecule has 1 fully saturated rings. The minimum atomic E-state index is 0.358. The minimum absolute atomic E-state index is 0.358. The van der Waals surface area contributed by atoms with Crippen LogP contribution in [0.15, 0.2) is 58.3 Å². The predicted molar refractivity (Wildman–Crippen MR) is 94.2 cm³/mol. The first kappa shape index (κ1) is 14.2. The zero-order chi connectivity index (χ0) is 15.2. The van der Waals surface area contributed by atoms with E-state index in [-0.39, 0.29) is 0 Å². The van der Waals surface area contributed by atoms with Gasteiger partial charge in [-0.15, -0.1) is 0 Å². The molecule has 2 aromatic carbocycles. The van der Waals surface area contributed by atoms with Gasteiger partial charge in [-0.2, -0.15) is 0 Å². The first-order valence-electron chi connectivity index (χ1n) is 7.97. The van der Waals surface area contributed by atoms with Gasteiger partial charge in [0.1, 0.15) is 0 Å². The summed E-state index contributed by atoms with van der Waals surface area (Å²) in [6.45, 7) is 5.92. The largest absolute Gasteiger partial charge is 0.339 e. The van der Waals surface area contributed by atoms with E-state index in [0.29, 0.717) is 5.41 Å². The Morgan fingerprint density at radius 3 is 2.14 bits per heavy atom. The smallest absolute Gasteiger partial charge is 0.0553 e. The second kappa shape index (κ2) is 5.32. The number of rotatable bonds is 2. The van der Waals surface area contributed by atoms with Crippen LogP contribution >= 0.6 is 11.8 Å². The Bertz CT molecular complexity index is 654. The lowest BCUT2D eigenvalue weighted by Crippen LogP contribution is -2.36. The number of para-hydroxylation sites is 2. The fraction of sp³-hybridized carbons (Fsp3) is 0.368. The Balaban J connectivity index is 1.75. The predicted octanol–water partition coefficient (Wildman–Crippen LogP) is 4.63. The highest BCUT2D eigenvalue weighted by Gasteiger charge is 2.36. The number of hydrogen-bond acceptors (Lipinski definition) is 3. The van der Waals surface area contributed by atoms with Gasteiger partial charge in [0.15, 0.2) is 0 Å². The molecule has 0 radical (unpaired) electrons. The first-order chi connectivity index (χ1) is 10.6. The van der Waals surface area contributed by atoms with Gasteiger partial charge in [-0.3, -0.25) is 0 Å². The number of fused-ring (bicyclic) bond motifs is 2. The van der Waals surface area contributed by atoms with Crippen LogP contribution in [0.1, 0.15) is 13.3 Å². The third kappa shape index (κ3) is 2.42. The van der Waals surface area contributed by atoms with Crippen molar-refractivity contribution in [1.82, 2.24) is 4.90 Å². The van der Waals surface area contributed by atoms with Gasteiger partial charge in [-0.05, 0) is 49.7 Å². The van der Waals surface area contributed by atoms with E-state index in [2.05, 4.69) is 72.3 Å². The zero-order valence-electron chi connectivity index (χ0n) is 13.2. The van der Waals surface area contributed by atoms with E-state index in [1.54, 1.807) is 0 Å². The lowest BCUT2D eigenvalue weighted by Gasteiger charge is -2.38. The van der Waals surface area contributed by atoms with Crippen LogP contribution in [-0.4, -0.2) is 31.6 Å². The molecule has 22 heavy (non-hydrogen) atoms. The van der Waals surface area contributed by atoms with Gasteiger partial charge in [-0.1, -0.05) is 43.0 Å². The highest BCUT2D eigenvalue weighted by Crippen LogP contribution is 2.49. The van der Waals surface area contributed by atoms with Crippen LogP contribution in [0.25, 0.3) is 0 Å². The van der Waals surface area contributed by atoms with E-state index in [1.165, 1.54) is 40.7 Å². The van der Waals surface area contributed by atoms with E-state index in [0.717, 1.165) is 6.54 Å². The molecule has 1 atom stereocenters. The average Bonchev–Trinajstić information content (AvgIpc) is 2.86. The molecule has 0 spiro atoms. The maximum Gasteiger partial charge on any atom is 0.0553 e. The molecule has 2 aliphatic rings. The van der Waals surface area contributed by atoms with E-state index in [9.17, 15) is 0 Å². The third-order valence-corrected chi connectivity index (χ3v) is 5.95. The normalized spacial score (nSPS) is 24.2. The van der Waals surface area contributed by atoms with Crippen molar-refractivity contribution in [3.05, 3.63) is 48.5 Å². The number of likely N-dealkylation sites (tertiary alicyclic amines) is 1. The van der Waals surface area contributed by atoms with Crippen LogP contribution in [0.3, 0.4) is 0 Å². The quantitative estimate of drug-likeness (QED) is 0.798. The van der Waals surface area contributed by atoms with Crippen LogP contribution < -0.4 is 4.90 Å². The molecule has 2 aromatic rings. The van der Waals surface area contributed by atoms with Gasteiger partial charge < -0.3 is 9.80 Å². The van der Waals surface area contributed by atoms with Crippen molar-refractivity contribution in [3.8, 4) is 0 Å². The molecule has 0 N–H and O–H groups in total. The van der Waals surface area contributed by atoms with Crippen molar-refractivity contribution >= 4 is 23.1 Å². The maximum absolute atomic E-state index is 2.54. The van der Waals surface area contributed by atoms with Crippen molar-refractivity contribution < 1.29 is 0 Å². The molecule has 2 nitrogen and oxygen atoms in total. The van der Waals surface area contributed by atoms with Crippen molar-refractivity contribution in [3.63, 3.8) is 0 Å². The Hall–Kier alpha value is -1.45. The molecule has 0 saturated carbocycles. The van der Waals surface area contributed by atoms with Gasteiger partial charge >= 0.3 is 0 Å². The molecule has 2 aliphatic heterocycles. The van der Waals surface area contributed by atoms with Crippen LogP contribution in [-0.2, 0) is 0 Å². The van der Waals surface area contributed by atoms with Crippen molar-refractivity contribution in [2.75, 3.05) is 31.6 Å². The van der Waals surface area contributed by atoms with Gasteiger partial charge in [0.05, 0.1) is 11.4 Å². The fourth-order valence-electron chi connectivity index (χ4n) is 3.73. The van der Waals surface area contributed by atoms with Gasteiger partial charge in [0.2, 0.25) is 0 Å². The Morgan fingerprint density at radius 1 is 1.00 bits per heavy atom. The lowest BCUT2D eigenvalue weighted by molar-refractivity contribution is 0.316. The average molecular weight is 310 g/mol. The highest BCUT2D eigenvalue weighted by molar-refractivity contribution is 7.99. The summed E-state index contributed by atoms with van der Waals surface area (Å²) in [5, 5.41) is 0. The highest BCUT2D eigenvalue weighted by atomic mass is 32.2. The summed E-state index contributed by atoms with van der Waals surface area (Å²) in [6, 6.07) is 17.6. The summed E-state index contributed by atoms with van der Waals surface area (Å²) >= 11 is 1.89. The summed E-state index contributed by atoms with van der Waals surface area (Å²) in [5.41, 5.74) is 3.08. The summed E-state index contributed by atoms with van der Waals surface area (Å²) in [6.07, 6.45) is 1.28. The zero-order valence-corrected chi connectivity index (χ0v) is 14.1. The van der Waals surface area contributed by atoms with Gasteiger partial charge in [0.25, 0.3) is 0 Å². The van der Waals surface area contributed by atoms with Gasteiger partial charge in [0, 0.05) is 22.9 Å². The molecule has 0 aromatic heterocycles. The Labute approximate surface area is 137 Å². The molecular formula is C19H22N2S. The molecule has 0 bridgehead atoms. The second-order valence-electron chi connectivity index (χ2n) is 6.92. The SMILES string of the molecule is CN1CCC(C)(CN2c3ccccc3Sc3ccccc32)C1. The molecule has 3 heteroatoms. The van der Waals surface area contributed by atoms with Crippen LogP contribution in [0.4, 0.5) is 11.4 Å². The Kier molecular flexibility index (Phi) is 3.43. The van der Waals surface area contributed by atoms with Crippen molar-refractivity contribution in [1.29, 1.82) is 0 Å². The van der Waals surface area contributed by atoms with Crippen LogP contribution in [0.5, 0.6) is 0 Å². The van der Waals surface area contributed by atoms with Crippen molar-refractivity contribution in [2.24, 2.45) is 5.41 Å². The van der Waals surface area contributed by atoms with E-state index >= 15 is 0 Å². The molecule has 1 saturated heterocycles. The Morgan fingerprint density at radius 2 is 1.59 bits per heavy atom. The molecule has 4 rings (SSSR count). The summed E-state index contributed by atoms with van der Waals surface area (Å²) in [5.74, 6) is 0. The molecule has 1 unspecified atom stereocenters. The van der Waals surface area contributed by atoms with Crippen LogP contribution in [0.2, 0.25) is 0 Å². The fourth-order valence-corrected chi connectivity index (χ4v) is 4.83. The summed E-state index contributed by atoms with van der Waals surface area (Å²) < 4.78 is 0. The van der Waals surface area contributed by atoms with Gasteiger partial charge in [-0.25, -0.2) is 0 Å². The summed E-state index contributed by atoms with van der Waals surface area (Å²) in [4.78, 5) is 7.74. The molecular weight excluding hydrogens is 288 g/mol. The van der Waals surface area contributed by atoms with E-state index in [1.807, 2.05) is 11.8 Å². The second-order valence-corrected chi connectivity index (χ2v) is 8.01. The van der Waals surface area contributed by atoms with Crippen LogP contribution in [0, 0.1) is 5.41 Å². The summed E-state index contributed by atoms with van der Waals surface area (Å²) in [7, 11) is 2.24. The standard InChI is InChI=1S/C19H22N2S/c1-19(11-12-20(2)13-19)14-21-15-7-3-5-9-17(15)22-18-10-6-4-8-16(18)21/h3-10H,11-14H2,1-2H3. The molecule has 0 aliphatic carbocycles. The minimum Gasteiger partial charge on any atom is -0.339 e. The monoisotopic (exact) mass is 310 g/mol. The number of nitrogens with zero attached hydrogens (tertiary/aromatic N) is 2.